The van der Waals surface area contributed by atoms with E-state index < -0.39 is 6.10 Å². The number of hydrogen-bond donors (Lipinski definition) is 2. The average molecular weight is 303 g/mol. The van der Waals surface area contributed by atoms with Crippen LogP contribution in [0, 0.1) is 0 Å². The Morgan fingerprint density at radius 1 is 0.952 bits per heavy atom. The molecule has 0 radical (unpaired) electrons. The standard InChI is InChI=1S/C17H37NO3/c1-4-6-7-8-9-10-12-21-15-17(19)13-18-16(11-5-2)14-20-3/h16-19H,4-15H2,1-3H3. The van der Waals surface area contributed by atoms with E-state index in [1.165, 1.54) is 32.1 Å². The summed E-state index contributed by atoms with van der Waals surface area (Å²) in [6.45, 7) is 6.85. The summed E-state index contributed by atoms with van der Waals surface area (Å²) in [7, 11) is 1.71. The van der Waals surface area contributed by atoms with E-state index in [-0.39, 0.29) is 0 Å². The van der Waals surface area contributed by atoms with Crippen LogP contribution in [0.15, 0.2) is 0 Å². The molecule has 0 saturated heterocycles. The van der Waals surface area contributed by atoms with E-state index in [0.717, 1.165) is 25.9 Å². The molecule has 0 spiro atoms. The van der Waals surface area contributed by atoms with Gasteiger partial charge >= 0.3 is 0 Å². The molecule has 128 valence electrons. The lowest BCUT2D eigenvalue weighted by Crippen LogP contribution is -2.39. The van der Waals surface area contributed by atoms with Crippen LogP contribution in [0.2, 0.25) is 0 Å². The molecule has 0 bridgehead atoms. The summed E-state index contributed by atoms with van der Waals surface area (Å²) in [4.78, 5) is 0. The first kappa shape index (κ1) is 20.8. The number of ether oxygens (including phenoxy) is 2. The van der Waals surface area contributed by atoms with Crippen molar-refractivity contribution in [3.05, 3.63) is 0 Å². The number of methoxy groups -OCH3 is 1. The van der Waals surface area contributed by atoms with Crippen molar-refractivity contribution in [1.29, 1.82) is 0 Å². The normalized spacial score (nSPS) is 14.3. The molecule has 0 heterocycles. The van der Waals surface area contributed by atoms with Crippen molar-refractivity contribution in [1.82, 2.24) is 5.32 Å². The van der Waals surface area contributed by atoms with Gasteiger partial charge in [0.2, 0.25) is 0 Å². The van der Waals surface area contributed by atoms with E-state index in [1.54, 1.807) is 7.11 Å². The van der Waals surface area contributed by atoms with Crippen LogP contribution in [0.4, 0.5) is 0 Å². The molecule has 0 aliphatic heterocycles. The van der Waals surface area contributed by atoms with Crippen LogP contribution in [0.3, 0.4) is 0 Å². The second-order valence-electron chi connectivity index (χ2n) is 5.85. The highest BCUT2D eigenvalue weighted by atomic mass is 16.5. The smallest absolute Gasteiger partial charge is 0.0897 e. The molecule has 0 aliphatic carbocycles. The second kappa shape index (κ2) is 16.2. The van der Waals surface area contributed by atoms with Gasteiger partial charge in [-0.1, -0.05) is 52.4 Å². The van der Waals surface area contributed by atoms with Gasteiger partial charge in [0, 0.05) is 26.3 Å². The van der Waals surface area contributed by atoms with Crippen LogP contribution in [0.5, 0.6) is 0 Å². The third kappa shape index (κ3) is 14.5. The summed E-state index contributed by atoms with van der Waals surface area (Å²) < 4.78 is 10.7. The monoisotopic (exact) mass is 303 g/mol. The van der Waals surface area contributed by atoms with Crippen molar-refractivity contribution < 1.29 is 14.6 Å². The maximum Gasteiger partial charge on any atom is 0.0897 e. The van der Waals surface area contributed by atoms with Gasteiger partial charge in [0.25, 0.3) is 0 Å². The highest BCUT2D eigenvalue weighted by molar-refractivity contribution is 4.68. The Labute approximate surface area is 131 Å². The van der Waals surface area contributed by atoms with Crippen LogP contribution in [0.25, 0.3) is 0 Å². The van der Waals surface area contributed by atoms with Gasteiger partial charge in [0.05, 0.1) is 19.3 Å². The van der Waals surface area contributed by atoms with E-state index in [2.05, 4.69) is 19.2 Å². The van der Waals surface area contributed by atoms with Crippen molar-refractivity contribution >= 4 is 0 Å². The number of aliphatic hydroxyl groups excluding tert-OH is 1. The van der Waals surface area contributed by atoms with Crippen LogP contribution in [0.1, 0.15) is 65.2 Å². The SMILES string of the molecule is CCCCCCCCOCC(O)CNC(CCC)COC. The molecule has 0 fully saturated rings. The molecule has 0 aliphatic rings. The van der Waals surface area contributed by atoms with Gasteiger partial charge in [-0.25, -0.2) is 0 Å². The zero-order valence-corrected chi connectivity index (χ0v) is 14.4. The fourth-order valence-corrected chi connectivity index (χ4v) is 2.36. The van der Waals surface area contributed by atoms with Crippen LogP contribution >= 0.6 is 0 Å². The number of aliphatic hydroxyl groups is 1. The van der Waals surface area contributed by atoms with E-state index in [0.29, 0.717) is 25.8 Å². The van der Waals surface area contributed by atoms with E-state index >= 15 is 0 Å². The Morgan fingerprint density at radius 3 is 2.33 bits per heavy atom. The molecular weight excluding hydrogens is 266 g/mol. The van der Waals surface area contributed by atoms with Gasteiger partial charge in [-0.15, -0.1) is 0 Å². The summed E-state index contributed by atoms with van der Waals surface area (Å²) in [5, 5.41) is 13.2. The number of hydrogen-bond acceptors (Lipinski definition) is 4. The maximum atomic E-state index is 9.88. The Morgan fingerprint density at radius 2 is 1.67 bits per heavy atom. The third-order valence-corrected chi connectivity index (χ3v) is 3.60. The minimum absolute atomic E-state index is 0.327. The Bertz CT molecular complexity index is 196. The molecule has 4 nitrogen and oxygen atoms in total. The molecule has 21 heavy (non-hydrogen) atoms. The first-order chi connectivity index (χ1) is 10.2. The van der Waals surface area contributed by atoms with Crippen molar-refractivity contribution in [2.45, 2.75) is 77.4 Å². The van der Waals surface area contributed by atoms with Gasteiger partial charge in [-0.3, -0.25) is 0 Å². The fraction of sp³-hybridized carbons (Fsp3) is 1.00. The first-order valence-electron chi connectivity index (χ1n) is 8.72. The zero-order chi connectivity index (χ0) is 15.8. The molecule has 4 heteroatoms. The van der Waals surface area contributed by atoms with E-state index in [9.17, 15) is 5.11 Å². The Balaban J connectivity index is 3.42. The highest BCUT2D eigenvalue weighted by Gasteiger charge is 2.10. The Hall–Kier alpha value is -0.160. The predicted molar refractivity (Wildman–Crippen MR) is 88.8 cm³/mol. The molecular formula is C17H37NO3. The minimum atomic E-state index is -0.429. The summed E-state index contributed by atoms with van der Waals surface area (Å²) in [5.74, 6) is 0. The second-order valence-corrected chi connectivity index (χ2v) is 5.85. The van der Waals surface area contributed by atoms with Gasteiger partial charge < -0.3 is 19.9 Å². The van der Waals surface area contributed by atoms with Gasteiger partial charge in [0.15, 0.2) is 0 Å². The van der Waals surface area contributed by atoms with E-state index in [1.807, 2.05) is 0 Å². The molecule has 2 unspecified atom stereocenters. The highest BCUT2D eigenvalue weighted by Crippen LogP contribution is 2.05. The fourth-order valence-electron chi connectivity index (χ4n) is 2.36. The molecule has 2 N–H and O–H groups in total. The molecule has 0 rings (SSSR count). The lowest BCUT2D eigenvalue weighted by molar-refractivity contribution is 0.0320. The van der Waals surface area contributed by atoms with Gasteiger partial charge in [-0.05, 0) is 12.8 Å². The van der Waals surface area contributed by atoms with Crippen molar-refractivity contribution in [2.75, 3.05) is 33.5 Å². The average Bonchev–Trinajstić information content (AvgIpc) is 2.48. The first-order valence-corrected chi connectivity index (χ1v) is 8.72. The lowest BCUT2D eigenvalue weighted by atomic mass is 10.1. The van der Waals surface area contributed by atoms with Gasteiger partial charge in [0.1, 0.15) is 0 Å². The summed E-state index contributed by atoms with van der Waals surface area (Å²) >= 11 is 0. The molecule has 2 atom stereocenters. The van der Waals surface area contributed by atoms with Crippen molar-refractivity contribution in [3.8, 4) is 0 Å². The van der Waals surface area contributed by atoms with Crippen LogP contribution in [-0.4, -0.2) is 50.7 Å². The Kier molecular flexibility index (Phi) is 16.1. The van der Waals surface area contributed by atoms with E-state index in [4.69, 9.17) is 9.47 Å². The minimum Gasteiger partial charge on any atom is -0.389 e. The van der Waals surface area contributed by atoms with Gasteiger partial charge in [-0.2, -0.15) is 0 Å². The summed E-state index contributed by atoms with van der Waals surface area (Å²) in [6, 6.07) is 0.327. The molecule has 0 saturated carbocycles. The van der Waals surface area contributed by atoms with Crippen molar-refractivity contribution in [2.24, 2.45) is 0 Å². The largest absolute Gasteiger partial charge is 0.389 e. The zero-order valence-electron chi connectivity index (χ0n) is 14.4. The quantitative estimate of drug-likeness (QED) is 0.430. The molecule has 0 aromatic heterocycles. The number of rotatable bonds is 16. The molecule has 0 aromatic rings. The topological polar surface area (TPSA) is 50.7 Å². The molecule has 0 aromatic carbocycles. The number of nitrogens with one attached hydrogen (secondary N) is 1. The maximum absolute atomic E-state index is 9.88. The summed E-state index contributed by atoms with van der Waals surface area (Å²) in [5.41, 5.74) is 0. The lowest BCUT2D eigenvalue weighted by Gasteiger charge is -2.19. The van der Waals surface area contributed by atoms with Crippen LogP contribution < -0.4 is 5.32 Å². The molecule has 0 amide bonds. The third-order valence-electron chi connectivity index (χ3n) is 3.60. The van der Waals surface area contributed by atoms with Crippen molar-refractivity contribution in [3.63, 3.8) is 0 Å². The summed E-state index contributed by atoms with van der Waals surface area (Å²) in [6.07, 6.45) is 9.36. The number of unbranched alkanes of at least 4 members (excludes halogenated alkanes) is 5. The van der Waals surface area contributed by atoms with Crippen LogP contribution in [-0.2, 0) is 9.47 Å². The predicted octanol–water partition coefficient (Wildman–Crippen LogP) is 3.13.